The van der Waals surface area contributed by atoms with E-state index in [0.717, 1.165) is 0 Å². The van der Waals surface area contributed by atoms with Crippen molar-refractivity contribution in [2.24, 2.45) is 0 Å². The van der Waals surface area contributed by atoms with Crippen LogP contribution in [0.3, 0.4) is 0 Å². The molecule has 1 saturated heterocycles. The Kier molecular flexibility index (Phi) is 2.54. The molecule has 2 aliphatic rings. The van der Waals surface area contributed by atoms with Crippen molar-refractivity contribution in [1.82, 2.24) is 4.90 Å². The highest BCUT2D eigenvalue weighted by molar-refractivity contribution is 6.11. The summed E-state index contributed by atoms with van der Waals surface area (Å²) in [7, 11) is 0. The lowest BCUT2D eigenvalue weighted by molar-refractivity contribution is -0.300. The minimum absolute atomic E-state index is 0.0712. The van der Waals surface area contributed by atoms with E-state index >= 15 is 0 Å². The van der Waals surface area contributed by atoms with E-state index in [2.05, 4.69) is 74.2 Å². The molecule has 1 fully saturated rings. The van der Waals surface area contributed by atoms with Gasteiger partial charge in [-0.05, 0) is 42.3 Å². The molecule has 2 aliphatic heterocycles. The van der Waals surface area contributed by atoms with Gasteiger partial charge in [-0.3, -0.25) is 0 Å². The number of fused-ring (bicyclic) bond motifs is 4. The Balaban J connectivity index is 1.99. The lowest BCUT2D eigenvalue weighted by Gasteiger charge is -2.36. The van der Waals surface area contributed by atoms with Gasteiger partial charge in [0.15, 0.2) is 12.5 Å². The van der Waals surface area contributed by atoms with Gasteiger partial charge in [0.25, 0.3) is 0 Å². The van der Waals surface area contributed by atoms with Crippen molar-refractivity contribution >= 4 is 21.5 Å². The van der Waals surface area contributed by atoms with Crippen LogP contribution in [0.25, 0.3) is 21.5 Å². The summed E-state index contributed by atoms with van der Waals surface area (Å²) in [5.74, 6) is 0. The van der Waals surface area contributed by atoms with Crippen molar-refractivity contribution in [2.75, 3.05) is 0 Å². The fourth-order valence-corrected chi connectivity index (χ4v) is 4.05. The first-order chi connectivity index (χ1) is 11.1. The van der Waals surface area contributed by atoms with Crippen LogP contribution in [0, 0.1) is 0 Å². The summed E-state index contributed by atoms with van der Waals surface area (Å²) in [6.45, 7) is 6.63. The van der Waals surface area contributed by atoms with Crippen LogP contribution in [0.15, 0.2) is 48.5 Å². The van der Waals surface area contributed by atoms with Gasteiger partial charge in [0.2, 0.25) is 0 Å². The van der Waals surface area contributed by atoms with Gasteiger partial charge in [0.05, 0.1) is 0 Å². The van der Waals surface area contributed by atoms with Crippen LogP contribution < -0.4 is 0 Å². The number of nitrogens with zero attached hydrogens (tertiary/aromatic N) is 1. The molecule has 0 aliphatic carbocycles. The molecule has 2 atom stereocenters. The Hall–Kier alpha value is -1.94. The molecule has 2 bridgehead atoms. The van der Waals surface area contributed by atoms with Crippen molar-refractivity contribution in [3.8, 4) is 0 Å². The summed E-state index contributed by atoms with van der Waals surface area (Å²) in [4.78, 5) is 13.9. The second kappa shape index (κ2) is 4.32. The monoisotopic (exact) mass is 305 g/mol. The third-order valence-electron chi connectivity index (χ3n) is 5.00. The molecule has 0 amide bonds. The lowest BCUT2D eigenvalue weighted by atomic mass is 9.94. The van der Waals surface area contributed by atoms with E-state index < -0.39 is 0 Å². The molecule has 2 unspecified atom stereocenters. The number of rotatable bonds is 0. The minimum Gasteiger partial charge on any atom is -0.234 e. The van der Waals surface area contributed by atoms with Crippen LogP contribution in [-0.4, -0.2) is 10.4 Å². The Morgan fingerprint density at radius 2 is 1.22 bits per heavy atom. The molecular weight excluding hydrogens is 286 g/mol. The summed E-state index contributed by atoms with van der Waals surface area (Å²) >= 11 is 0. The topological polar surface area (TPSA) is 21.7 Å². The van der Waals surface area contributed by atoms with Gasteiger partial charge in [-0.25, -0.2) is 14.7 Å². The van der Waals surface area contributed by atoms with Gasteiger partial charge in [-0.2, -0.15) is 0 Å². The second-order valence-electron chi connectivity index (χ2n) is 7.43. The predicted octanol–water partition coefficient (Wildman–Crippen LogP) is 5.07. The number of benzene rings is 3. The van der Waals surface area contributed by atoms with Crippen LogP contribution in [0.4, 0.5) is 0 Å². The van der Waals surface area contributed by atoms with E-state index in [1.807, 2.05) is 0 Å². The first-order valence-corrected chi connectivity index (χ1v) is 8.10. The third-order valence-corrected chi connectivity index (χ3v) is 5.00. The van der Waals surface area contributed by atoms with Crippen LogP contribution in [0.1, 0.15) is 44.4 Å². The van der Waals surface area contributed by atoms with E-state index in [1.54, 1.807) is 0 Å². The van der Waals surface area contributed by atoms with Crippen molar-refractivity contribution in [3.05, 3.63) is 59.7 Å². The van der Waals surface area contributed by atoms with E-state index in [9.17, 15) is 0 Å². The molecule has 2 heterocycles. The second-order valence-corrected chi connectivity index (χ2v) is 7.43. The molecule has 0 saturated carbocycles. The van der Waals surface area contributed by atoms with E-state index in [0.29, 0.717) is 0 Å². The molecule has 116 valence electrons. The average molecular weight is 305 g/mol. The van der Waals surface area contributed by atoms with Gasteiger partial charge >= 0.3 is 0 Å². The highest BCUT2D eigenvalue weighted by atomic mass is 17.2. The fraction of sp³-hybridized carbons (Fsp3) is 0.300. The first-order valence-electron chi connectivity index (χ1n) is 8.10. The molecule has 3 aromatic carbocycles. The molecular formula is C20H19NO2. The highest BCUT2D eigenvalue weighted by Gasteiger charge is 2.47. The van der Waals surface area contributed by atoms with Gasteiger partial charge in [-0.1, -0.05) is 48.5 Å². The number of hydrogen-bond donors (Lipinski definition) is 0. The van der Waals surface area contributed by atoms with Crippen molar-refractivity contribution in [1.29, 1.82) is 0 Å². The maximum atomic E-state index is 5.80. The molecule has 0 N–H and O–H groups in total. The largest absolute Gasteiger partial charge is 0.234 e. The maximum Gasteiger partial charge on any atom is 0.175 e. The van der Waals surface area contributed by atoms with E-state index in [4.69, 9.17) is 9.78 Å². The Labute approximate surface area is 135 Å². The van der Waals surface area contributed by atoms with Gasteiger partial charge < -0.3 is 0 Å². The average Bonchev–Trinajstić information content (AvgIpc) is 2.92. The lowest BCUT2D eigenvalue weighted by Crippen LogP contribution is -2.42. The SMILES string of the molecule is CC(C)(C)N1C2OOC1c1cccc3ccc4cccc2c4c13. The standard InChI is InChI=1S/C20H19NO2/c1-20(2,3)21-18-14-8-4-6-12-10-11-13-7-5-9-15(17(13)16(12)14)19(21)23-22-18/h4-11,18-19H,1-3H3. The highest BCUT2D eigenvalue weighted by Crippen LogP contribution is 2.51. The quantitative estimate of drug-likeness (QED) is 0.428. The van der Waals surface area contributed by atoms with Crippen molar-refractivity contribution in [3.63, 3.8) is 0 Å². The number of hydrogen-bond acceptors (Lipinski definition) is 3. The molecule has 23 heavy (non-hydrogen) atoms. The first kappa shape index (κ1) is 13.5. The summed E-state index contributed by atoms with van der Waals surface area (Å²) in [6, 6.07) is 17.3. The summed E-state index contributed by atoms with van der Waals surface area (Å²) in [5.41, 5.74) is 2.31. The van der Waals surface area contributed by atoms with Gasteiger partial charge in [0, 0.05) is 16.7 Å². The van der Waals surface area contributed by atoms with Gasteiger partial charge in [0.1, 0.15) is 0 Å². The van der Waals surface area contributed by atoms with Crippen molar-refractivity contribution < 1.29 is 9.78 Å². The summed E-state index contributed by atoms with van der Waals surface area (Å²) in [5, 5.41) is 5.11. The molecule has 5 rings (SSSR count). The summed E-state index contributed by atoms with van der Waals surface area (Å²) in [6.07, 6.45) is -0.358. The van der Waals surface area contributed by atoms with Crippen LogP contribution >= 0.6 is 0 Å². The molecule has 0 aromatic heterocycles. The predicted molar refractivity (Wildman–Crippen MR) is 90.7 cm³/mol. The summed E-state index contributed by atoms with van der Waals surface area (Å²) < 4.78 is 0. The molecule has 3 aromatic rings. The minimum atomic E-state index is -0.179. The van der Waals surface area contributed by atoms with Crippen molar-refractivity contribution in [2.45, 2.75) is 38.8 Å². The van der Waals surface area contributed by atoms with Crippen LogP contribution in [0.5, 0.6) is 0 Å². The molecule has 0 spiro atoms. The molecule has 3 nitrogen and oxygen atoms in total. The molecule has 3 heteroatoms. The zero-order valence-electron chi connectivity index (χ0n) is 13.5. The van der Waals surface area contributed by atoms with Gasteiger partial charge in [-0.15, -0.1) is 0 Å². The van der Waals surface area contributed by atoms with E-state index in [1.165, 1.54) is 32.7 Å². The Morgan fingerprint density at radius 3 is 1.65 bits per heavy atom. The molecule has 0 radical (unpaired) electrons. The smallest absolute Gasteiger partial charge is 0.175 e. The van der Waals surface area contributed by atoms with Crippen LogP contribution in [-0.2, 0) is 9.78 Å². The Bertz CT molecular complexity index is 871. The Morgan fingerprint density at radius 1 is 0.739 bits per heavy atom. The van der Waals surface area contributed by atoms with Crippen LogP contribution in [0.2, 0.25) is 0 Å². The fourth-order valence-electron chi connectivity index (χ4n) is 4.05. The van der Waals surface area contributed by atoms with E-state index in [-0.39, 0.29) is 18.0 Å². The normalized spacial score (nSPS) is 23.8. The zero-order valence-corrected chi connectivity index (χ0v) is 13.5. The third kappa shape index (κ3) is 1.70. The zero-order chi connectivity index (χ0) is 15.8. The maximum absolute atomic E-state index is 5.80.